The van der Waals surface area contributed by atoms with Crippen molar-refractivity contribution in [3.8, 4) is 0 Å². The van der Waals surface area contributed by atoms with Crippen LogP contribution in [0.15, 0.2) is 42.5 Å². The van der Waals surface area contributed by atoms with E-state index in [0.29, 0.717) is 9.13 Å². The number of carbonyl (C=O) groups excluding carboxylic acids is 1. The largest absolute Gasteiger partial charge is 0.418 e. The van der Waals surface area contributed by atoms with Crippen molar-refractivity contribution in [3.05, 3.63) is 62.7 Å². The topological polar surface area (TPSA) is 41.1 Å². The summed E-state index contributed by atoms with van der Waals surface area (Å²) in [5.41, 5.74) is 0.397. The molecule has 0 spiro atoms. The van der Waals surface area contributed by atoms with Gasteiger partial charge in [-0.2, -0.15) is 13.2 Å². The molecular weight excluding hydrogens is 464 g/mol. The highest BCUT2D eigenvalue weighted by atomic mass is 127. The number of carbonyl (C=O) groups is 1. The molecule has 2 N–H and O–H groups in total. The third-order valence-electron chi connectivity index (χ3n) is 3.39. The van der Waals surface area contributed by atoms with Gasteiger partial charge in [-0.1, -0.05) is 19.1 Å². The van der Waals surface area contributed by atoms with Gasteiger partial charge in [-0.3, -0.25) is 10.1 Å². The molecule has 1 amide bonds. The summed E-state index contributed by atoms with van der Waals surface area (Å²) in [4.78, 5) is 12.1. The average Bonchev–Trinajstić information content (AvgIpc) is 2.55. The maximum atomic E-state index is 13.1. The standard InChI is InChI=1S/C17H14F3IN2OS/c1-2-10-3-5-11(6-4-10)15(24)23-16(25)22-14-8-7-12(21)9-13(14)17(18,19)20/h3-9H,2H2,1H3,(H2,22,23,24,25). The van der Waals surface area contributed by atoms with Gasteiger partial charge in [-0.05, 0) is 77.1 Å². The van der Waals surface area contributed by atoms with Crippen LogP contribution >= 0.6 is 34.8 Å². The molecule has 0 aromatic heterocycles. The molecule has 0 heterocycles. The number of anilines is 1. The van der Waals surface area contributed by atoms with Gasteiger partial charge in [0.25, 0.3) is 5.91 Å². The van der Waals surface area contributed by atoms with E-state index in [1.54, 1.807) is 34.7 Å². The molecule has 0 saturated heterocycles. The molecule has 0 saturated carbocycles. The Morgan fingerprint density at radius 2 is 1.80 bits per heavy atom. The van der Waals surface area contributed by atoms with Gasteiger partial charge in [0.05, 0.1) is 11.3 Å². The van der Waals surface area contributed by atoms with E-state index in [2.05, 4.69) is 10.6 Å². The highest BCUT2D eigenvalue weighted by Crippen LogP contribution is 2.35. The smallest absolute Gasteiger partial charge is 0.332 e. The van der Waals surface area contributed by atoms with Gasteiger partial charge >= 0.3 is 6.18 Å². The number of benzene rings is 2. The lowest BCUT2D eigenvalue weighted by Crippen LogP contribution is -2.34. The van der Waals surface area contributed by atoms with Crippen LogP contribution in [0.3, 0.4) is 0 Å². The number of hydrogen-bond acceptors (Lipinski definition) is 2. The van der Waals surface area contributed by atoms with Gasteiger partial charge in [-0.25, -0.2) is 0 Å². The Hall–Kier alpha value is -1.68. The molecule has 2 aromatic rings. The first-order valence-corrected chi connectivity index (χ1v) is 8.77. The number of aryl methyl sites for hydroxylation is 1. The molecule has 0 bridgehead atoms. The van der Waals surface area contributed by atoms with Gasteiger partial charge in [0.2, 0.25) is 0 Å². The van der Waals surface area contributed by atoms with Crippen molar-refractivity contribution >= 4 is 51.5 Å². The number of amides is 1. The summed E-state index contributed by atoms with van der Waals surface area (Å²) in [6, 6.07) is 10.7. The Kier molecular flexibility index (Phi) is 6.39. The molecule has 3 nitrogen and oxygen atoms in total. The summed E-state index contributed by atoms with van der Waals surface area (Å²) in [5, 5.41) is 4.63. The average molecular weight is 478 g/mol. The molecule has 8 heteroatoms. The Morgan fingerprint density at radius 1 is 1.16 bits per heavy atom. The number of thiocarbonyl (C=S) groups is 1. The fourth-order valence-electron chi connectivity index (χ4n) is 2.08. The second-order valence-corrected chi connectivity index (χ2v) is 6.80. The molecule has 0 aliphatic heterocycles. The van der Waals surface area contributed by atoms with Gasteiger partial charge in [-0.15, -0.1) is 0 Å². The fraction of sp³-hybridized carbons (Fsp3) is 0.176. The summed E-state index contributed by atoms with van der Waals surface area (Å²) >= 11 is 6.76. The van der Waals surface area contributed by atoms with E-state index in [0.717, 1.165) is 18.1 Å². The van der Waals surface area contributed by atoms with Gasteiger partial charge < -0.3 is 5.32 Å². The second-order valence-electron chi connectivity index (χ2n) is 5.15. The van der Waals surface area contributed by atoms with Crippen molar-refractivity contribution in [2.75, 3.05) is 5.32 Å². The molecule has 0 unspecified atom stereocenters. The molecule has 0 aliphatic rings. The van der Waals surface area contributed by atoms with Crippen LogP contribution in [0.4, 0.5) is 18.9 Å². The minimum atomic E-state index is -4.53. The molecular formula is C17H14F3IN2OS. The van der Waals surface area contributed by atoms with Crippen molar-refractivity contribution in [2.45, 2.75) is 19.5 Å². The maximum absolute atomic E-state index is 13.1. The van der Waals surface area contributed by atoms with Crippen molar-refractivity contribution < 1.29 is 18.0 Å². The molecule has 25 heavy (non-hydrogen) atoms. The van der Waals surface area contributed by atoms with Crippen LogP contribution in [0.5, 0.6) is 0 Å². The van der Waals surface area contributed by atoms with E-state index in [-0.39, 0.29) is 10.8 Å². The first-order chi connectivity index (χ1) is 11.7. The highest BCUT2D eigenvalue weighted by Gasteiger charge is 2.34. The normalized spacial score (nSPS) is 11.1. The molecule has 2 aromatic carbocycles. The molecule has 0 radical (unpaired) electrons. The molecule has 132 valence electrons. The van der Waals surface area contributed by atoms with Crippen molar-refractivity contribution in [2.24, 2.45) is 0 Å². The predicted molar refractivity (Wildman–Crippen MR) is 104 cm³/mol. The number of hydrogen-bond donors (Lipinski definition) is 2. The lowest BCUT2D eigenvalue weighted by atomic mass is 10.1. The van der Waals surface area contributed by atoms with Gasteiger partial charge in [0.15, 0.2) is 5.11 Å². The fourth-order valence-corrected chi connectivity index (χ4v) is 2.77. The Labute approximate surface area is 162 Å². The Morgan fingerprint density at radius 3 is 2.36 bits per heavy atom. The van der Waals surface area contributed by atoms with E-state index < -0.39 is 17.6 Å². The van der Waals surface area contributed by atoms with E-state index in [4.69, 9.17) is 12.2 Å². The lowest BCUT2D eigenvalue weighted by Gasteiger charge is -2.16. The zero-order valence-electron chi connectivity index (χ0n) is 13.1. The van der Waals surface area contributed by atoms with Crippen LogP contribution in [-0.4, -0.2) is 11.0 Å². The first-order valence-electron chi connectivity index (χ1n) is 7.28. The van der Waals surface area contributed by atoms with E-state index >= 15 is 0 Å². The minimum absolute atomic E-state index is 0.198. The van der Waals surface area contributed by atoms with E-state index in [1.165, 1.54) is 12.1 Å². The zero-order chi connectivity index (χ0) is 18.6. The van der Waals surface area contributed by atoms with Crippen LogP contribution in [0.1, 0.15) is 28.4 Å². The summed E-state index contributed by atoms with van der Waals surface area (Å²) in [5.74, 6) is -0.487. The van der Waals surface area contributed by atoms with Crippen LogP contribution in [-0.2, 0) is 12.6 Å². The second kappa shape index (κ2) is 8.13. The third kappa shape index (κ3) is 5.40. The van der Waals surface area contributed by atoms with Crippen molar-refractivity contribution in [1.82, 2.24) is 5.32 Å². The van der Waals surface area contributed by atoms with Crippen molar-refractivity contribution in [3.63, 3.8) is 0 Å². The van der Waals surface area contributed by atoms with E-state index in [1.807, 2.05) is 19.1 Å². The van der Waals surface area contributed by atoms with Crippen LogP contribution in [0.25, 0.3) is 0 Å². The van der Waals surface area contributed by atoms with Crippen molar-refractivity contribution in [1.29, 1.82) is 0 Å². The summed E-state index contributed by atoms with van der Waals surface area (Å²) in [6.45, 7) is 1.99. The summed E-state index contributed by atoms with van der Waals surface area (Å²) in [6.07, 6.45) is -3.69. The predicted octanol–water partition coefficient (Wildman–Crippen LogP) is 5.00. The molecule has 0 atom stereocenters. The summed E-state index contributed by atoms with van der Waals surface area (Å²) < 4.78 is 39.8. The van der Waals surface area contributed by atoms with Gasteiger partial charge in [0.1, 0.15) is 0 Å². The van der Waals surface area contributed by atoms with Crippen LogP contribution in [0.2, 0.25) is 0 Å². The first kappa shape index (κ1) is 19.6. The Bertz CT molecular complexity index is 791. The molecule has 0 fully saturated rings. The summed E-state index contributed by atoms with van der Waals surface area (Å²) in [7, 11) is 0. The number of halogens is 4. The number of nitrogens with one attached hydrogen (secondary N) is 2. The Balaban J connectivity index is 2.11. The number of rotatable bonds is 3. The van der Waals surface area contributed by atoms with E-state index in [9.17, 15) is 18.0 Å². The zero-order valence-corrected chi connectivity index (χ0v) is 16.1. The lowest BCUT2D eigenvalue weighted by molar-refractivity contribution is -0.137. The monoisotopic (exact) mass is 478 g/mol. The maximum Gasteiger partial charge on any atom is 0.418 e. The quantitative estimate of drug-likeness (QED) is 0.482. The molecule has 0 aliphatic carbocycles. The van der Waals surface area contributed by atoms with Crippen LogP contribution in [0, 0.1) is 3.57 Å². The molecule has 2 rings (SSSR count). The third-order valence-corrected chi connectivity index (χ3v) is 4.26. The number of alkyl halides is 3. The minimum Gasteiger partial charge on any atom is -0.332 e. The SMILES string of the molecule is CCc1ccc(C(=O)NC(=S)Nc2ccc(I)cc2C(F)(F)F)cc1. The van der Waals surface area contributed by atoms with Gasteiger partial charge in [0, 0.05) is 9.13 Å². The highest BCUT2D eigenvalue weighted by molar-refractivity contribution is 14.1. The van der Waals surface area contributed by atoms with Crippen LogP contribution < -0.4 is 10.6 Å².